The van der Waals surface area contributed by atoms with Crippen molar-refractivity contribution >= 4 is 18.1 Å². The van der Waals surface area contributed by atoms with Gasteiger partial charge in [0.15, 0.2) is 6.29 Å². The highest BCUT2D eigenvalue weighted by Crippen LogP contribution is 2.62. The Hall–Kier alpha value is -4.43. The standard InChI is InChI=1S/C56H82N2O11/c1-5-8-9-10-11-12-13-14-15-21-35-65-55(62)58(30-6-2)51-39-48(57-69-52-25-18-22-34-64-52)46-37-41(23-16-19-31-59)45(24-17-20-32-60)53-47-38-44(67-43-26-28-49(63-4)42(36-43)40-61)27-29-50(47)68-56(51,54(46)53)66-33-7-3/h7,26-29,36-38,40-41,45,51-54,59-60H,3,5-6,8-25,30-35,39H2,1-2,4H3. The molecule has 4 aliphatic rings. The van der Waals surface area contributed by atoms with Crippen LogP contribution in [0.3, 0.4) is 0 Å². The highest BCUT2D eigenvalue weighted by molar-refractivity contribution is 6.03. The molecule has 0 bridgehead atoms. The number of hydrogen-bond donors (Lipinski definition) is 2. The minimum atomic E-state index is -1.41. The van der Waals surface area contributed by atoms with Gasteiger partial charge >= 0.3 is 6.09 Å². The molecule has 2 aromatic rings. The van der Waals surface area contributed by atoms with Crippen molar-refractivity contribution in [2.45, 2.75) is 173 Å². The molecule has 2 N–H and O–H groups in total. The van der Waals surface area contributed by atoms with Crippen molar-refractivity contribution in [2.24, 2.45) is 22.9 Å². The Balaban J connectivity index is 1.43. The van der Waals surface area contributed by atoms with Gasteiger partial charge in [-0.05, 0) is 105 Å². The molecule has 69 heavy (non-hydrogen) atoms. The number of ether oxygens (including phenoxy) is 6. The quantitative estimate of drug-likeness (QED) is 0.0321. The molecule has 1 amide bonds. The largest absolute Gasteiger partial charge is 0.496 e. The Morgan fingerprint density at radius 2 is 1.62 bits per heavy atom. The molecule has 2 aliphatic heterocycles. The zero-order chi connectivity index (χ0) is 48.9. The van der Waals surface area contributed by atoms with E-state index >= 15 is 0 Å². The van der Waals surface area contributed by atoms with Gasteiger partial charge in [-0.1, -0.05) is 102 Å². The van der Waals surface area contributed by atoms with Crippen LogP contribution in [0.15, 0.2) is 65.9 Å². The third-order valence-electron chi connectivity index (χ3n) is 14.4. The number of aliphatic hydroxyl groups is 2. The van der Waals surface area contributed by atoms with E-state index in [0.29, 0.717) is 73.3 Å². The van der Waals surface area contributed by atoms with E-state index in [4.69, 9.17) is 38.4 Å². The Kier molecular flexibility index (Phi) is 22.2. The zero-order valence-electron chi connectivity index (χ0n) is 41.9. The molecular weight excluding hydrogens is 877 g/mol. The maximum absolute atomic E-state index is 14.7. The Morgan fingerprint density at radius 3 is 2.30 bits per heavy atom. The fourth-order valence-electron chi connectivity index (χ4n) is 11.1. The first-order chi connectivity index (χ1) is 33.9. The summed E-state index contributed by atoms with van der Waals surface area (Å²) in [7, 11) is 1.53. The summed E-state index contributed by atoms with van der Waals surface area (Å²) < 4.78 is 38.7. The number of unbranched alkanes of at least 4 members (excludes halogenated alkanes) is 11. The number of rotatable bonds is 31. The number of carbonyl (C=O) groups is 2. The van der Waals surface area contributed by atoms with E-state index in [1.807, 2.05) is 23.1 Å². The fraction of sp³-hybridized carbons (Fsp3) is 0.661. The monoisotopic (exact) mass is 959 g/mol. The second kappa shape index (κ2) is 28.4. The van der Waals surface area contributed by atoms with E-state index < -0.39 is 30.1 Å². The predicted molar refractivity (Wildman–Crippen MR) is 268 cm³/mol. The number of nitrogens with zero attached hydrogens (tertiary/aromatic N) is 2. The highest BCUT2D eigenvalue weighted by atomic mass is 16.8. The van der Waals surface area contributed by atoms with E-state index in [9.17, 15) is 19.8 Å². The lowest BCUT2D eigenvalue weighted by Crippen LogP contribution is -2.70. The summed E-state index contributed by atoms with van der Waals surface area (Å²) in [4.78, 5) is 34.8. The molecule has 0 radical (unpaired) electrons. The first-order valence-corrected chi connectivity index (χ1v) is 26.5. The molecule has 2 heterocycles. The molecule has 13 heteroatoms. The van der Waals surface area contributed by atoms with Gasteiger partial charge in [0, 0.05) is 44.1 Å². The number of allylic oxidation sites excluding steroid dienone is 1. The van der Waals surface area contributed by atoms with Crippen molar-refractivity contribution in [3.05, 3.63) is 71.8 Å². The average Bonchev–Trinajstić information content (AvgIpc) is 3.37. The number of benzene rings is 2. The normalized spacial score (nSPS) is 24.3. The maximum atomic E-state index is 14.7. The van der Waals surface area contributed by atoms with Gasteiger partial charge in [0.2, 0.25) is 12.1 Å². The minimum Gasteiger partial charge on any atom is -0.496 e. The van der Waals surface area contributed by atoms with Gasteiger partial charge in [-0.25, -0.2) is 4.79 Å². The van der Waals surface area contributed by atoms with Crippen LogP contribution in [0, 0.1) is 17.8 Å². The molecule has 1 saturated heterocycles. The van der Waals surface area contributed by atoms with Crippen molar-refractivity contribution < 1.29 is 53.1 Å². The maximum Gasteiger partial charge on any atom is 0.410 e. The smallest absolute Gasteiger partial charge is 0.410 e. The summed E-state index contributed by atoms with van der Waals surface area (Å²) in [6, 6.07) is 10.3. The van der Waals surface area contributed by atoms with E-state index in [1.54, 1.807) is 24.3 Å². The number of oxime groups is 1. The Labute approximate surface area is 411 Å². The SMILES string of the molecule is C=CCOC12Oc3ccc(Oc4ccc(OC)c(C=O)c4)cc3C3C(CCCCO)C(CCCCO)C=C(C(=NOC4CCCCO4)CC1N(CCC)C(=O)OCCCCCCCCCCCC)C32. The molecule has 0 aromatic heterocycles. The number of methoxy groups -OCH3 is 1. The molecule has 7 atom stereocenters. The molecule has 6 rings (SSSR count). The van der Waals surface area contributed by atoms with Crippen LogP contribution in [0.25, 0.3) is 0 Å². The summed E-state index contributed by atoms with van der Waals surface area (Å²) in [5.41, 5.74) is 2.96. The van der Waals surface area contributed by atoms with Crippen molar-refractivity contribution in [1.82, 2.24) is 4.90 Å². The number of aliphatic hydroxyl groups excluding tert-OH is 2. The molecule has 2 fully saturated rings. The fourth-order valence-corrected chi connectivity index (χ4v) is 11.1. The van der Waals surface area contributed by atoms with Crippen molar-refractivity contribution in [3.63, 3.8) is 0 Å². The van der Waals surface area contributed by atoms with Crippen molar-refractivity contribution in [1.29, 1.82) is 0 Å². The predicted octanol–water partition coefficient (Wildman–Crippen LogP) is 12.2. The molecule has 382 valence electrons. The Bertz CT molecular complexity index is 1960. The molecule has 13 nitrogen and oxygen atoms in total. The second-order valence-corrected chi connectivity index (χ2v) is 19.3. The van der Waals surface area contributed by atoms with Gasteiger partial charge in [0.05, 0.1) is 44.1 Å². The van der Waals surface area contributed by atoms with E-state index in [-0.39, 0.29) is 44.0 Å². The summed E-state index contributed by atoms with van der Waals surface area (Å²) >= 11 is 0. The van der Waals surface area contributed by atoms with Crippen LogP contribution in [-0.2, 0) is 19.0 Å². The van der Waals surface area contributed by atoms with Crippen LogP contribution in [-0.4, -0.2) is 98.0 Å². The number of fused-ring (bicyclic) bond motifs is 2. The number of aldehydes is 1. The average molecular weight is 959 g/mol. The van der Waals surface area contributed by atoms with Gasteiger partial charge in [-0.2, -0.15) is 0 Å². The van der Waals surface area contributed by atoms with Gasteiger partial charge in [-0.3, -0.25) is 9.69 Å². The lowest BCUT2D eigenvalue weighted by molar-refractivity contribution is -0.255. The van der Waals surface area contributed by atoms with Crippen LogP contribution in [0.5, 0.6) is 23.0 Å². The van der Waals surface area contributed by atoms with Crippen LogP contribution >= 0.6 is 0 Å². The molecule has 0 spiro atoms. The lowest BCUT2D eigenvalue weighted by atomic mass is 9.55. The number of hydrogen-bond acceptors (Lipinski definition) is 12. The summed E-state index contributed by atoms with van der Waals surface area (Å²) in [6.07, 6.45) is 23.9. The minimum absolute atomic E-state index is 0.0294. The van der Waals surface area contributed by atoms with Gasteiger partial charge in [0.25, 0.3) is 0 Å². The van der Waals surface area contributed by atoms with Crippen LogP contribution in [0.2, 0.25) is 0 Å². The summed E-state index contributed by atoms with van der Waals surface area (Å²) in [6.45, 7) is 10.0. The number of carbonyl (C=O) groups excluding carboxylic acids is 2. The third kappa shape index (κ3) is 14.1. The highest BCUT2D eigenvalue weighted by Gasteiger charge is 2.65. The van der Waals surface area contributed by atoms with E-state index in [2.05, 4.69) is 26.5 Å². The molecule has 1 saturated carbocycles. The summed E-state index contributed by atoms with van der Waals surface area (Å²) in [5.74, 6) is 0.0488. The van der Waals surface area contributed by atoms with Crippen LogP contribution in [0.4, 0.5) is 4.79 Å². The van der Waals surface area contributed by atoms with Crippen molar-refractivity contribution in [3.8, 4) is 23.0 Å². The molecule has 7 unspecified atom stereocenters. The second-order valence-electron chi connectivity index (χ2n) is 19.3. The van der Waals surface area contributed by atoms with Gasteiger partial charge in [0.1, 0.15) is 29.0 Å². The van der Waals surface area contributed by atoms with Crippen LogP contribution in [0.1, 0.15) is 171 Å². The molecule has 2 aliphatic carbocycles. The zero-order valence-corrected chi connectivity index (χ0v) is 41.9. The number of amides is 1. The van der Waals surface area contributed by atoms with Crippen molar-refractivity contribution in [2.75, 3.05) is 46.7 Å². The van der Waals surface area contributed by atoms with Gasteiger partial charge < -0.3 is 43.5 Å². The van der Waals surface area contributed by atoms with E-state index in [0.717, 1.165) is 81.6 Å². The molecular formula is C56H82N2O11. The third-order valence-corrected chi connectivity index (χ3v) is 14.4. The summed E-state index contributed by atoms with van der Waals surface area (Å²) in [5, 5.41) is 25.0. The first kappa shape index (κ1) is 53.9. The lowest BCUT2D eigenvalue weighted by Gasteiger charge is -2.60. The molecule has 2 aromatic carbocycles. The first-order valence-electron chi connectivity index (χ1n) is 26.5. The van der Waals surface area contributed by atoms with E-state index in [1.165, 1.54) is 52.1 Å². The van der Waals surface area contributed by atoms with Crippen LogP contribution < -0.4 is 14.2 Å². The Morgan fingerprint density at radius 1 is 0.899 bits per heavy atom. The van der Waals surface area contributed by atoms with Gasteiger partial charge in [-0.15, -0.1) is 6.58 Å². The topological polar surface area (TPSA) is 155 Å².